The van der Waals surface area contributed by atoms with Crippen LogP contribution in [0.2, 0.25) is 0 Å². The molecule has 0 radical (unpaired) electrons. The molecule has 1 atom stereocenters. The standard InChI is InChI=1S/C13H15N3O/c14-7-10-2-1-3-11(6-10)13(17)4-5-16-9-15-8-12(13)16/h1-3,6,8-9,17H,4-5,7,14H2. The lowest BCUT2D eigenvalue weighted by atomic mass is 9.89. The molecule has 3 N–H and O–H groups in total. The van der Waals surface area contributed by atoms with E-state index in [9.17, 15) is 5.11 Å². The van der Waals surface area contributed by atoms with Crippen molar-refractivity contribution in [3.05, 3.63) is 53.6 Å². The molecule has 0 spiro atoms. The summed E-state index contributed by atoms with van der Waals surface area (Å²) in [6.45, 7) is 1.29. The summed E-state index contributed by atoms with van der Waals surface area (Å²) in [4.78, 5) is 4.09. The van der Waals surface area contributed by atoms with Crippen molar-refractivity contribution >= 4 is 0 Å². The molecular weight excluding hydrogens is 214 g/mol. The Bertz CT molecular complexity index is 549. The Balaban J connectivity index is 2.09. The van der Waals surface area contributed by atoms with Crippen molar-refractivity contribution in [2.45, 2.75) is 25.1 Å². The number of nitrogens with two attached hydrogens (primary N) is 1. The molecule has 0 amide bonds. The van der Waals surface area contributed by atoms with Crippen LogP contribution < -0.4 is 5.73 Å². The third-order valence-electron chi connectivity index (χ3n) is 3.49. The molecule has 3 rings (SSSR count). The zero-order valence-corrected chi connectivity index (χ0v) is 9.50. The van der Waals surface area contributed by atoms with Crippen molar-refractivity contribution < 1.29 is 5.11 Å². The van der Waals surface area contributed by atoms with Crippen LogP contribution in [-0.2, 0) is 18.7 Å². The van der Waals surface area contributed by atoms with Gasteiger partial charge in [0.1, 0.15) is 5.60 Å². The van der Waals surface area contributed by atoms with Gasteiger partial charge in [-0.3, -0.25) is 0 Å². The lowest BCUT2D eigenvalue weighted by molar-refractivity contribution is 0.0824. The highest BCUT2D eigenvalue weighted by molar-refractivity contribution is 5.36. The molecule has 2 heterocycles. The van der Waals surface area contributed by atoms with Gasteiger partial charge in [-0.05, 0) is 11.1 Å². The fraction of sp³-hybridized carbons (Fsp3) is 0.308. The summed E-state index contributed by atoms with van der Waals surface area (Å²) in [6, 6.07) is 7.83. The summed E-state index contributed by atoms with van der Waals surface area (Å²) in [7, 11) is 0. The predicted molar refractivity (Wildman–Crippen MR) is 64.2 cm³/mol. The van der Waals surface area contributed by atoms with E-state index in [1.165, 1.54) is 0 Å². The van der Waals surface area contributed by atoms with E-state index in [1.807, 2.05) is 28.8 Å². The summed E-state index contributed by atoms with van der Waals surface area (Å²) < 4.78 is 2.00. The molecule has 4 nitrogen and oxygen atoms in total. The molecule has 2 aromatic rings. The van der Waals surface area contributed by atoms with Crippen molar-refractivity contribution in [1.29, 1.82) is 0 Å². The second-order valence-corrected chi connectivity index (χ2v) is 4.49. The number of hydrogen-bond acceptors (Lipinski definition) is 3. The van der Waals surface area contributed by atoms with Crippen LogP contribution in [0.15, 0.2) is 36.8 Å². The molecule has 1 aromatic carbocycles. The minimum absolute atomic E-state index is 0.489. The maximum atomic E-state index is 10.8. The maximum Gasteiger partial charge on any atom is 0.133 e. The topological polar surface area (TPSA) is 64.1 Å². The number of imidazole rings is 1. The highest BCUT2D eigenvalue weighted by Crippen LogP contribution is 2.38. The Hall–Kier alpha value is -1.65. The van der Waals surface area contributed by atoms with E-state index in [-0.39, 0.29) is 0 Å². The van der Waals surface area contributed by atoms with Crippen molar-refractivity contribution in [3.63, 3.8) is 0 Å². The van der Waals surface area contributed by atoms with Gasteiger partial charge in [0.2, 0.25) is 0 Å². The number of rotatable bonds is 2. The number of fused-ring (bicyclic) bond motifs is 1. The highest BCUT2D eigenvalue weighted by atomic mass is 16.3. The highest BCUT2D eigenvalue weighted by Gasteiger charge is 2.39. The smallest absolute Gasteiger partial charge is 0.133 e. The lowest BCUT2D eigenvalue weighted by Gasteiger charge is -2.22. The molecular formula is C13H15N3O. The molecule has 1 aliphatic rings. The minimum Gasteiger partial charge on any atom is -0.379 e. The summed E-state index contributed by atoms with van der Waals surface area (Å²) in [5.74, 6) is 0. The zero-order chi connectivity index (χ0) is 11.9. The number of benzene rings is 1. The van der Waals surface area contributed by atoms with E-state index in [4.69, 9.17) is 5.73 Å². The molecule has 0 aliphatic carbocycles. The van der Waals surface area contributed by atoms with Crippen LogP contribution in [0.5, 0.6) is 0 Å². The Morgan fingerprint density at radius 1 is 1.47 bits per heavy atom. The van der Waals surface area contributed by atoms with Crippen LogP contribution in [0.25, 0.3) is 0 Å². The Kier molecular flexibility index (Phi) is 2.28. The molecule has 88 valence electrons. The van der Waals surface area contributed by atoms with Crippen LogP contribution in [0.4, 0.5) is 0 Å². The van der Waals surface area contributed by atoms with Crippen molar-refractivity contribution in [2.75, 3.05) is 0 Å². The Morgan fingerprint density at radius 2 is 2.35 bits per heavy atom. The SMILES string of the molecule is NCc1cccc(C2(O)CCn3cncc32)c1. The first-order valence-corrected chi connectivity index (χ1v) is 5.76. The molecule has 0 bridgehead atoms. The number of aromatic nitrogens is 2. The largest absolute Gasteiger partial charge is 0.379 e. The molecule has 0 saturated heterocycles. The van der Waals surface area contributed by atoms with E-state index >= 15 is 0 Å². The first-order chi connectivity index (χ1) is 8.24. The van der Waals surface area contributed by atoms with Crippen LogP contribution in [0, 0.1) is 0 Å². The van der Waals surface area contributed by atoms with Gasteiger partial charge in [-0.2, -0.15) is 0 Å². The van der Waals surface area contributed by atoms with Crippen molar-refractivity contribution in [2.24, 2.45) is 5.73 Å². The second-order valence-electron chi connectivity index (χ2n) is 4.49. The van der Waals surface area contributed by atoms with Gasteiger partial charge in [-0.25, -0.2) is 4.98 Å². The van der Waals surface area contributed by atoms with Gasteiger partial charge in [0.05, 0.1) is 18.2 Å². The summed E-state index contributed by atoms with van der Waals surface area (Å²) in [6.07, 6.45) is 4.20. The summed E-state index contributed by atoms with van der Waals surface area (Å²) in [5.41, 5.74) is 7.53. The second kappa shape index (κ2) is 3.68. The fourth-order valence-corrected chi connectivity index (χ4v) is 2.50. The van der Waals surface area contributed by atoms with Crippen LogP contribution in [0.3, 0.4) is 0 Å². The van der Waals surface area contributed by atoms with Gasteiger partial charge in [-0.15, -0.1) is 0 Å². The molecule has 1 aliphatic heterocycles. The fourth-order valence-electron chi connectivity index (χ4n) is 2.50. The van der Waals surface area contributed by atoms with E-state index < -0.39 is 5.60 Å². The first kappa shape index (κ1) is 10.5. The lowest BCUT2D eigenvalue weighted by Crippen LogP contribution is -2.24. The number of nitrogens with zero attached hydrogens (tertiary/aromatic N) is 2. The van der Waals surface area contributed by atoms with Crippen molar-refractivity contribution in [1.82, 2.24) is 9.55 Å². The summed E-state index contributed by atoms with van der Waals surface area (Å²) in [5, 5.41) is 10.8. The van der Waals surface area contributed by atoms with Gasteiger partial charge < -0.3 is 15.4 Å². The monoisotopic (exact) mass is 229 g/mol. The van der Waals surface area contributed by atoms with E-state index in [2.05, 4.69) is 4.98 Å². The first-order valence-electron chi connectivity index (χ1n) is 5.76. The van der Waals surface area contributed by atoms with Gasteiger partial charge >= 0.3 is 0 Å². The quantitative estimate of drug-likeness (QED) is 0.807. The van der Waals surface area contributed by atoms with Crippen LogP contribution in [0.1, 0.15) is 23.2 Å². The van der Waals surface area contributed by atoms with E-state index in [0.717, 1.165) is 23.4 Å². The van der Waals surface area contributed by atoms with Gasteiger partial charge in [0, 0.05) is 19.5 Å². The van der Waals surface area contributed by atoms with Crippen LogP contribution in [-0.4, -0.2) is 14.7 Å². The molecule has 1 aromatic heterocycles. The molecule has 17 heavy (non-hydrogen) atoms. The van der Waals surface area contributed by atoms with E-state index in [0.29, 0.717) is 13.0 Å². The Labute approximate surface area is 99.7 Å². The summed E-state index contributed by atoms with van der Waals surface area (Å²) >= 11 is 0. The number of aliphatic hydroxyl groups is 1. The van der Waals surface area contributed by atoms with Gasteiger partial charge in [-0.1, -0.05) is 24.3 Å². The number of hydrogen-bond donors (Lipinski definition) is 2. The normalized spacial score (nSPS) is 22.7. The number of aryl methyl sites for hydroxylation is 1. The zero-order valence-electron chi connectivity index (χ0n) is 9.50. The molecule has 0 saturated carbocycles. The van der Waals surface area contributed by atoms with Gasteiger partial charge in [0.25, 0.3) is 0 Å². The average molecular weight is 229 g/mol. The van der Waals surface area contributed by atoms with Crippen LogP contribution >= 0.6 is 0 Å². The van der Waals surface area contributed by atoms with Gasteiger partial charge in [0.15, 0.2) is 0 Å². The van der Waals surface area contributed by atoms with Crippen molar-refractivity contribution in [3.8, 4) is 0 Å². The minimum atomic E-state index is -0.915. The maximum absolute atomic E-state index is 10.8. The molecule has 4 heteroatoms. The Morgan fingerprint density at radius 3 is 3.18 bits per heavy atom. The third kappa shape index (κ3) is 1.49. The molecule has 0 fully saturated rings. The average Bonchev–Trinajstić information content (AvgIpc) is 2.95. The predicted octanol–water partition coefficient (Wildman–Crippen LogP) is 0.981. The third-order valence-corrected chi connectivity index (χ3v) is 3.49. The molecule has 1 unspecified atom stereocenters. The van der Waals surface area contributed by atoms with E-state index in [1.54, 1.807) is 12.5 Å².